The fraction of sp³-hybridized carbons (Fsp3) is 0.516. The Morgan fingerprint density at radius 3 is 2.14 bits per heavy atom. The summed E-state index contributed by atoms with van der Waals surface area (Å²) in [6.07, 6.45) is 8.80. The number of anilines is 1. The van der Waals surface area contributed by atoms with Gasteiger partial charge in [-0.1, -0.05) is 70.6 Å². The second-order valence-corrected chi connectivity index (χ2v) is 11.5. The lowest BCUT2D eigenvalue weighted by molar-refractivity contribution is 0.148. The molecule has 1 fully saturated rings. The van der Waals surface area contributed by atoms with E-state index in [0.29, 0.717) is 16.4 Å². The molecule has 37 heavy (non-hydrogen) atoms. The fourth-order valence-electron chi connectivity index (χ4n) is 3.79. The number of hydrogen-bond donors (Lipinski definition) is 2. The van der Waals surface area contributed by atoms with Crippen LogP contribution in [-0.2, 0) is 0 Å². The van der Waals surface area contributed by atoms with Crippen LogP contribution in [0.25, 0.3) is 0 Å². The molecule has 1 saturated heterocycles. The Hall–Kier alpha value is -2.21. The quantitative estimate of drug-likeness (QED) is 0.149. The standard InChI is InChI=1S/C24H33ClN3P.C5H11N.C2H6/c1-8-20-9-10-22(21(25)15-20)26-23(27(6)7)18(3)19(4)28-13-11-24(5,12-14-28)16-17(2)29;1-4(2)5(3)6;1-2/h1,9-10,15,26H,2,4,11-14,16,29H2,3,5-7H3;4,6H,1-3H3;1-2H3/b23-18-;;. The molecule has 4 nitrogen and oxygen atoms in total. The lowest BCUT2D eigenvalue weighted by Crippen LogP contribution is -2.38. The van der Waals surface area contributed by atoms with Crippen molar-refractivity contribution in [3.05, 3.63) is 64.3 Å². The smallest absolute Gasteiger partial charge is 0.110 e. The van der Waals surface area contributed by atoms with Gasteiger partial charge in [0.05, 0.1) is 10.7 Å². The number of likely N-dealkylation sites (tertiary alicyclic amines) is 1. The topological polar surface area (TPSA) is 42.4 Å². The summed E-state index contributed by atoms with van der Waals surface area (Å²) in [5, 5.41) is 12.2. The second-order valence-electron chi connectivity index (χ2n) is 10.2. The molecule has 206 valence electrons. The molecule has 0 bridgehead atoms. The van der Waals surface area contributed by atoms with Gasteiger partial charge in [0, 0.05) is 49.7 Å². The number of hydrogen-bond acceptors (Lipinski definition) is 4. The summed E-state index contributed by atoms with van der Waals surface area (Å²) in [7, 11) is 6.78. The first-order chi connectivity index (χ1) is 17.2. The van der Waals surface area contributed by atoms with Crippen molar-refractivity contribution >= 4 is 32.2 Å². The number of piperidine rings is 1. The average Bonchev–Trinajstić information content (AvgIpc) is 2.83. The van der Waals surface area contributed by atoms with Crippen molar-refractivity contribution in [1.29, 1.82) is 5.41 Å². The zero-order chi connectivity index (χ0) is 28.9. The number of terminal acetylenes is 1. The number of nitrogens with zero attached hydrogens (tertiary/aromatic N) is 2. The summed E-state index contributed by atoms with van der Waals surface area (Å²) in [4.78, 5) is 4.44. The SMILES string of the molecule is C#Cc1ccc(N/C(=C(\C)C(=C)N2CCC(C)(CC(=C)P)CC2)N(C)C)c(Cl)c1.CC.CC(=N)C(C)C. The molecule has 2 N–H and O–H groups in total. The molecule has 1 atom stereocenters. The molecule has 0 radical (unpaired) electrons. The lowest BCUT2D eigenvalue weighted by Gasteiger charge is -2.42. The van der Waals surface area contributed by atoms with E-state index in [4.69, 9.17) is 23.4 Å². The summed E-state index contributed by atoms with van der Waals surface area (Å²) < 4.78 is 0. The molecule has 0 spiro atoms. The van der Waals surface area contributed by atoms with Crippen LogP contribution in [0, 0.1) is 29.1 Å². The third-order valence-electron chi connectivity index (χ3n) is 6.50. The van der Waals surface area contributed by atoms with Crippen LogP contribution in [0.15, 0.2) is 53.8 Å². The predicted octanol–water partition coefficient (Wildman–Crippen LogP) is 8.63. The van der Waals surface area contributed by atoms with Crippen LogP contribution in [0.4, 0.5) is 5.69 Å². The van der Waals surface area contributed by atoms with Gasteiger partial charge in [-0.05, 0) is 62.6 Å². The first-order valence-corrected chi connectivity index (χ1v) is 14.0. The molecule has 1 unspecified atom stereocenters. The van der Waals surface area contributed by atoms with Crippen molar-refractivity contribution in [2.45, 2.75) is 67.7 Å². The monoisotopic (exact) mass is 544 g/mol. The summed E-state index contributed by atoms with van der Waals surface area (Å²) in [5.74, 6) is 4.02. The number of nitrogens with one attached hydrogen (secondary N) is 2. The van der Waals surface area contributed by atoms with Gasteiger partial charge in [-0.3, -0.25) is 0 Å². The van der Waals surface area contributed by atoms with Crippen molar-refractivity contribution in [1.82, 2.24) is 9.80 Å². The summed E-state index contributed by atoms with van der Waals surface area (Å²) in [5.41, 5.74) is 4.82. The molecule has 1 aliphatic rings. The summed E-state index contributed by atoms with van der Waals surface area (Å²) >= 11 is 6.42. The normalized spacial score (nSPS) is 14.6. The Morgan fingerprint density at radius 1 is 1.24 bits per heavy atom. The third-order valence-corrected chi connectivity index (χ3v) is 7.01. The van der Waals surface area contributed by atoms with Crippen molar-refractivity contribution < 1.29 is 0 Å². The Morgan fingerprint density at radius 2 is 1.76 bits per heavy atom. The van der Waals surface area contributed by atoms with Crippen LogP contribution >= 0.6 is 20.8 Å². The highest BCUT2D eigenvalue weighted by atomic mass is 35.5. The largest absolute Gasteiger partial charge is 0.372 e. The summed E-state index contributed by atoms with van der Waals surface area (Å²) in [6.45, 7) is 24.8. The van der Waals surface area contributed by atoms with Gasteiger partial charge in [0.2, 0.25) is 0 Å². The van der Waals surface area contributed by atoms with Gasteiger partial charge in [0.1, 0.15) is 5.82 Å². The van der Waals surface area contributed by atoms with Gasteiger partial charge in [0.25, 0.3) is 0 Å². The molecule has 0 aliphatic carbocycles. The lowest BCUT2D eigenvalue weighted by atomic mass is 9.77. The van der Waals surface area contributed by atoms with E-state index in [1.165, 1.54) is 5.31 Å². The minimum Gasteiger partial charge on any atom is -0.372 e. The van der Waals surface area contributed by atoms with Crippen LogP contribution in [0.3, 0.4) is 0 Å². The molecule has 0 amide bonds. The van der Waals surface area contributed by atoms with E-state index in [0.717, 1.165) is 66.4 Å². The third kappa shape index (κ3) is 11.8. The van der Waals surface area contributed by atoms with Gasteiger partial charge in [-0.2, -0.15) is 0 Å². The first-order valence-electron chi connectivity index (χ1n) is 13.0. The Kier molecular flexibility index (Phi) is 15.6. The fourth-order valence-corrected chi connectivity index (χ4v) is 4.51. The predicted molar refractivity (Wildman–Crippen MR) is 171 cm³/mol. The molecule has 1 aromatic carbocycles. The second kappa shape index (κ2) is 16.6. The molecule has 2 rings (SSSR count). The van der Waals surface area contributed by atoms with E-state index in [1.54, 1.807) is 6.07 Å². The first kappa shape index (κ1) is 34.8. The van der Waals surface area contributed by atoms with Gasteiger partial charge in [0.15, 0.2) is 0 Å². The molecule has 1 aliphatic heterocycles. The van der Waals surface area contributed by atoms with Crippen molar-refractivity contribution in [3.8, 4) is 12.3 Å². The molecule has 0 aromatic heterocycles. The van der Waals surface area contributed by atoms with E-state index in [9.17, 15) is 0 Å². The highest BCUT2D eigenvalue weighted by molar-refractivity contribution is 7.22. The van der Waals surface area contributed by atoms with Crippen molar-refractivity contribution in [2.75, 3.05) is 32.5 Å². The minimum atomic E-state index is 0.322. The number of allylic oxidation sites excluding steroid dienone is 2. The highest BCUT2D eigenvalue weighted by Crippen LogP contribution is 2.39. The van der Waals surface area contributed by atoms with Gasteiger partial charge in [-0.15, -0.1) is 15.7 Å². The van der Waals surface area contributed by atoms with Crippen molar-refractivity contribution in [3.63, 3.8) is 0 Å². The van der Waals surface area contributed by atoms with E-state index in [2.05, 4.69) is 57.3 Å². The Balaban J connectivity index is 0.00000142. The van der Waals surface area contributed by atoms with Gasteiger partial charge >= 0.3 is 0 Å². The average molecular weight is 545 g/mol. The molecule has 1 heterocycles. The number of halogens is 1. The Labute approximate surface area is 235 Å². The van der Waals surface area contributed by atoms with E-state index in [-0.39, 0.29) is 0 Å². The van der Waals surface area contributed by atoms with Gasteiger partial charge < -0.3 is 20.5 Å². The maximum atomic E-state index is 6.95. The summed E-state index contributed by atoms with van der Waals surface area (Å²) in [6, 6.07) is 5.60. The zero-order valence-corrected chi connectivity index (χ0v) is 26.6. The van der Waals surface area contributed by atoms with E-state index < -0.39 is 0 Å². The molecular formula is C31H50ClN4P. The molecule has 6 heteroatoms. The maximum absolute atomic E-state index is 6.95. The molecular weight excluding hydrogens is 495 g/mol. The van der Waals surface area contributed by atoms with Crippen LogP contribution in [0.5, 0.6) is 0 Å². The molecule has 1 aromatic rings. The Bertz CT molecular complexity index is 993. The minimum absolute atomic E-state index is 0.322. The van der Waals surface area contributed by atoms with E-state index in [1.807, 2.05) is 60.8 Å². The van der Waals surface area contributed by atoms with Crippen LogP contribution in [0.2, 0.25) is 5.02 Å². The van der Waals surface area contributed by atoms with Gasteiger partial charge in [-0.25, -0.2) is 0 Å². The number of rotatable bonds is 8. The zero-order valence-electron chi connectivity index (χ0n) is 24.7. The highest BCUT2D eigenvalue weighted by Gasteiger charge is 2.31. The van der Waals surface area contributed by atoms with Crippen LogP contribution < -0.4 is 5.32 Å². The number of benzene rings is 1. The van der Waals surface area contributed by atoms with Crippen LogP contribution in [-0.4, -0.2) is 42.7 Å². The van der Waals surface area contributed by atoms with Crippen LogP contribution in [0.1, 0.15) is 73.3 Å². The van der Waals surface area contributed by atoms with E-state index >= 15 is 0 Å². The maximum Gasteiger partial charge on any atom is 0.110 e. The van der Waals surface area contributed by atoms with Crippen molar-refractivity contribution in [2.24, 2.45) is 11.3 Å². The molecule has 0 saturated carbocycles.